The second-order valence-corrected chi connectivity index (χ2v) is 4.32. The predicted molar refractivity (Wildman–Crippen MR) is 61.6 cm³/mol. The summed E-state index contributed by atoms with van der Waals surface area (Å²) in [7, 11) is 3.20. The summed E-state index contributed by atoms with van der Waals surface area (Å²) in [5.41, 5.74) is -0.933. The first kappa shape index (κ1) is 15.3. The normalized spacial score (nSPS) is 16.8. The minimum absolute atomic E-state index is 0.284. The van der Waals surface area contributed by atoms with Crippen molar-refractivity contribution in [1.29, 1.82) is 0 Å². The Morgan fingerprint density at radius 1 is 1.44 bits per heavy atom. The molecule has 2 unspecified atom stereocenters. The van der Waals surface area contributed by atoms with Crippen LogP contribution in [0.1, 0.15) is 20.3 Å². The third-order valence-corrected chi connectivity index (χ3v) is 2.57. The van der Waals surface area contributed by atoms with Gasteiger partial charge in [0.25, 0.3) is 0 Å². The molecule has 0 saturated heterocycles. The number of carboxylic acids is 1. The number of aliphatic carboxylic acids is 1. The molecule has 2 N–H and O–H groups in total. The van der Waals surface area contributed by atoms with Crippen molar-refractivity contribution >= 4 is 5.97 Å². The Hall–Kier alpha value is -0.650. The van der Waals surface area contributed by atoms with Crippen molar-refractivity contribution in [3.8, 4) is 0 Å². The van der Waals surface area contributed by atoms with Gasteiger partial charge in [0, 0.05) is 34.0 Å². The van der Waals surface area contributed by atoms with Crippen molar-refractivity contribution in [1.82, 2.24) is 5.32 Å². The van der Waals surface area contributed by atoms with Gasteiger partial charge >= 0.3 is 5.97 Å². The average molecular weight is 233 g/mol. The Kier molecular flexibility index (Phi) is 7.29. The summed E-state index contributed by atoms with van der Waals surface area (Å²) >= 11 is 0. The number of carboxylic acid groups (broad SMARTS) is 1. The summed E-state index contributed by atoms with van der Waals surface area (Å²) in [6, 6.07) is 0. The van der Waals surface area contributed by atoms with Crippen LogP contribution < -0.4 is 5.32 Å². The lowest BCUT2D eigenvalue weighted by Gasteiger charge is -2.27. The fourth-order valence-electron chi connectivity index (χ4n) is 1.32. The largest absolute Gasteiger partial charge is 0.480 e. The first-order valence-corrected chi connectivity index (χ1v) is 5.42. The zero-order valence-electron chi connectivity index (χ0n) is 10.6. The SMILES string of the molecule is COCCC(C)(NCC(C)COC)C(=O)O. The molecule has 96 valence electrons. The number of hydrogen-bond acceptors (Lipinski definition) is 4. The van der Waals surface area contributed by atoms with Crippen molar-refractivity contribution in [2.24, 2.45) is 5.92 Å². The van der Waals surface area contributed by atoms with Crippen LogP contribution in [0.2, 0.25) is 0 Å². The van der Waals surface area contributed by atoms with Gasteiger partial charge in [0.2, 0.25) is 0 Å². The molecule has 0 aliphatic carbocycles. The highest BCUT2D eigenvalue weighted by atomic mass is 16.5. The summed E-state index contributed by atoms with van der Waals surface area (Å²) in [5, 5.41) is 12.2. The summed E-state index contributed by atoms with van der Waals surface area (Å²) in [4.78, 5) is 11.1. The van der Waals surface area contributed by atoms with E-state index < -0.39 is 11.5 Å². The smallest absolute Gasteiger partial charge is 0.323 e. The highest BCUT2D eigenvalue weighted by molar-refractivity contribution is 5.78. The fraction of sp³-hybridized carbons (Fsp3) is 0.909. The van der Waals surface area contributed by atoms with Gasteiger partial charge in [0.1, 0.15) is 5.54 Å². The maximum absolute atomic E-state index is 11.1. The Bertz CT molecular complexity index is 210. The molecule has 5 nitrogen and oxygen atoms in total. The second-order valence-electron chi connectivity index (χ2n) is 4.32. The van der Waals surface area contributed by atoms with E-state index in [0.29, 0.717) is 26.2 Å². The van der Waals surface area contributed by atoms with Gasteiger partial charge in [-0.15, -0.1) is 0 Å². The molecule has 16 heavy (non-hydrogen) atoms. The van der Waals surface area contributed by atoms with E-state index >= 15 is 0 Å². The molecule has 0 fully saturated rings. The average Bonchev–Trinajstić information content (AvgIpc) is 2.24. The standard InChI is InChI=1S/C11H23NO4/c1-9(8-16-4)7-12-11(2,10(13)14)5-6-15-3/h9,12H,5-8H2,1-4H3,(H,13,14). The van der Waals surface area contributed by atoms with Crippen LogP contribution >= 0.6 is 0 Å². The zero-order valence-corrected chi connectivity index (χ0v) is 10.6. The van der Waals surface area contributed by atoms with E-state index in [9.17, 15) is 4.79 Å². The quantitative estimate of drug-likeness (QED) is 0.615. The van der Waals surface area contributed by atoms with Crippen molar-refractivity contribution in [3.63, 3.8) is 0 Å². The van der Waals surface area contributed by atoms with E-state index in [1.807, 2.05) is 6.92 Å². The van der Waals surface area contributed by atoms with Crippen LogP contribution in [0.3, 0.4) is 0 Å². The number of nitrogens with one attached hydrogen (secondary N) is 1. The maximum atomic E-state index is 11.1. The summed E-state index contributed by atoms with van der Waals surface area (Å²) in [6.45, 7) is 5.34. The summed E-state index contributed by atoms with van der Waals surface area (Å²) in [5.74, 6) is -0.569. The van der Waals surface area contributed by atoms with E-state index in [1.165, 1.54) is 0 Å². The Labute approximate surface area is 97.1 Å². The highest BCUT2D eigenvalue weighted by Gasteiger charge is 2.32. The topological polar surface area (TPSA) is 67.8 Å². The van der Waals surface area contributed by atoms with Crippen LogP contribution in [-0.4, -0.2) is 50.6 Å². The summed E-state index contributed by atoms with van der Waals surface area (Å²) in [6.07, 6.45) is 0.443. The third kappa shape index (κ3) is 5.44. The van der Waals surface area contributed by atoms with Crippen LogP contribution in [0, 0.1) is 5.92 Å². The first-order chi connectivity index (χ1) is 7.46. The molecule has 0 spiro atoms. The number of carbonyl (C=O) groups is 1. The zero-order chi connectivity index (χ0) is 12.6. The molecule has 0 aliphatic heterocycles. The predicted octanol–water partition coefficient (Wildman–Crippen LogP) is 0.738. The molecule has 0 aromatic carbocycles. The lowest BCUT2D eigenvalue weighted by atomic mass is 9.97. The van der Waals surface area contributed by atoms with E-state index in [2.05, 4.69) is 5.32 Å². The van der Waals surface area contributed by atoms with Crippen LogP contribution in [0.4, 0.5) is 0 Å². The van der Waals surface area contributed by atoms with Crippen LogP contribution in [0.5, 0.6) is 0 Å². The molecule has 0 aliphatic rings. The van der Waals surface area contributed by atoms with Gasteiger partial charge in [-0.05, 0) is 19.3 Å². The lowest BCUT2D eigenvalue weighted by molar-refractivity contribution is -0.145. The van der Waals surface area contributed by atoms with Gasteiger partial charge in [-0.25, -0.2) is 0 Å². The van der Waals surface area contributed by atoms with Crippen LogP contribution in [-0.2, 0) is 14.3 Å². The molecule has 2 atom stereocenters. The molecule has 0 rings (SSSR count). The minimum atomic E-state index is -0.933. The van der Waals surface area contributed by atoms with Crippen LogP contribution in [0.15, 0.2) is 0 Å². The third-order valence-electron chi connectivity index (χ3n) is 2.57. The number of rotatable bonds is 9. The van der Waals surface area contributed by atoms with Crippen molar-refractivity contribution in [2.75, 3.05) is 34.0 Å². The number of ether oxygens (including phenoxy) is 2. The Morgan fingerprint density at radius 2 is 2.06 bits per heavy atom. The minimum Gasteiger partial charge on any atom is -0.480 e. The molecule has 0 radical (unpaired) electrons. The molecule has 0 saturated carbocycles. The van der Waals surface area contributed by atoms with Crippen LogP contribution in [0.25, 0.3) is 0 Å². The second kappa shape index (κ2) is 7.60. The van der Waals surface area contributed by atoms with Gasteiger partial charge < -0.3 is 19.9 Å². The molecule has 0 amide bonds. The Balaban J connectivity index is 4.16. The number of methoxy groups -OCH3 is 2. The monoisotopic (exact) mass is 233 g/mol. The van der Waals surface area contributed by atoms with E-state index in [1.54, 1.807) is 21.1 Å². The molecule has 0 heterocycles. The fourth-order valence-corrected chi connectivity index (χ4v) is 1.32. The van der Waals surface area contributed by atoms with Gasteiger partial charge in [0.15, 0.2) is 0 Å². The van der Waals surface area contributed by atoms with E-state index in [4.69, 9.17) is 14.6 Å². The van der Waals surface area contributed by atoms with Gasteiger partial charge in [-0.3, -0.25) is 4.79 Å². The first-order valence-electron chi connectivity index (χ1n) is 5.42. The maximum Gasteiger partial charge on any atom is 0.323 e. The lowest BCUT2D eigenvalue weighted by Crippen LogP contribution is -2.51. The summed E-state index contributed by atoms with van der Waals surface area (Å²) < 4.78 is 9.91. The molecule has 0 aromatic heterocycles. The highest BCUT2D eigenvalue weighted by Crippen LogP contribution is 2.11. The van der Waals surface area contributed by atoms with E-state index in [-0.39, 0.29) is 5.92 Å². The molecule has 0 aromatic rings. The molecule has 0 bridgehead atoms. The molecular formula is C11H23NO4. The van der Waals surface area contributed by atoms with Crippen molar-refractivity contribution < 1.29 is 19.4 Å². The number of hydrogen-bond donors (Lipinski definition) is 2. The Morgan fingerprint density at radius 3 is 2.50 bits per heavy atom. The van der Waals surface area contributed by atoms with Crippen molar-refractivity contribution in [2.45, 2.75) is 25.8 Å². The van der Waals surface area contributed by atoms with Gasteiger partial charge in [0.05, 0.1) is 0 Å². The van der Waals surface area contributed by atoms with Gasteiger partial charge in [-0.1, -0.05) is 6.92 Å². The molecular weight excluding hydrogens is 210 g/mol. The molecule has 5 heteroatoms. The van der Waals surface area contributed by atoms with Crippen molar-refractivity contribution in [3.05, 3.63) is 0 Å². The van der Waals surface area contributed by atoms with E-state index in [0.717, 1.165) is 0 Å². The van der Waals surface area contributed by atoms with Gasteiger partial charge in [-0.2, -0.15) is 0 Å².